The third-order valence-corrected chi connectivity index (χ3v) is 7.55. The highest BCUT2D eigenvalue weighted by Crippen LogP contribution is 2.30. The van der Waals surface area contributed by atoms with Gasteiger partial charge in [0.1, 0.15) is 5.82 Å². The van der Waals surface area contributed by atoms with E-state index in [1.807, 2.05) is 22.8 Å². The van der Waals surface area contributed by atoms with Crippen LogP contribution in [0, 0.1) is 11.7 Å². The standard InChI is InChI=1S/C30H30ClFN4O2/c1-35(29(38)22-8-3-2-4-9-22)24-15-16-27-26(19-24)33-30(34-28(37)21-11-13-23(31)14-12-21)36(27)18-17-20-7-5-6-10-25(20)32/h5-7,10-16,19,22H,2-4,8-9,17-18H2,1H3,(H,33,34,37). The van der Waals surface area contributed by atoms with E-state index in [2.05, 4.69) is 5.32 Å². The number of hydrogen-bond donors (Lipinski definition) is 1. The first-order chi connectivity index (χ1) is 18.4. The molecule has 1 aliphatic rings. The van der Waals surface area contributed by atoms with Gasteiger partial charge in [0.15, 0.2) is 0 Å². The van der Waals surface area contributed by atoms with Gasteiger partial charge in [0, 0.05) is 35.8 Å². The van der Waals surface area contributed by atoms with Gasteiger partial charge in [0.05, 0.1) is 11.0 Å². The molecule has 1 fully saturated rings. The highest BCUT2D eigenvalue weighted by atomic mass is 35.5. The molecule has 1 heterocycles. The maximum atomic E-state index is 14.3. The molecule has 196 valence electrons. The number of nitrogens with zero attached hydrogens (tertiary/aromatic N) is 3. The van der Waals surface area contributed by atoms with E-state index in [-0.39, 0.29) is 23.5 Å². The number of nitrogens with one attached hydrogen (secondary N) is 1. The van der Waals surface area contributed by atoms with Crippen LogP contribution in [0.4, 0.5) is 16.0 Å². The number of halogens is 2. The summed E-state index contributed by atoms with van der Waals surface area (Å²) < 4.78 is 16.2. The van der Waals surface area contributed by atoms with E-state index >= 15 is 0 Å². The van der Waals surface area contributed by atoms with Gasteiger partial charge in [-0.2, -0.15) is 0 Å². The average molecular weight is 533 g/mol. The number of fused-ring (bicyclic) bond motifs is 1. The summed E-state index contributed by atoms with van der Waals surface area (Å²) in [5, 5.41) is 3.45. The maximum Gasteiger partial charge on any atom is 0.257 e. The summed E-state index contributed by atoms with van der Waals surface area (Å²) in [6.45, 7) is 0.407. The van der Waals surface area contributed by atoms with Gasteiger partial charge >= 0.3 is 0 Å². The molecule has 6 nitrogen and oxygen atoms in total. The maximum absolute atomic E-state index is 14.3. The Morgan fingerprint density at radius 2 is 1.79 bits per heavy atom. The fourth-order valence-electron chi connectivity index (χ4n) is 5.11. The zero-order valence-electron chi connectivity index (χ0n) is 21.3. The van der Waals surface area contributed by atoms with Crippen molar-refractivity contribution in [2.75, 3.05) is 17.3 Å². The quantitative estimate of drug-likeness (QED) is 0.282. The molecule has 1 aromatic heterocycles. The van der Waals surface area contributed by atoms with Gasteiger partial charge < -0.3 is 9.47 Å². The Kier molecular flexibility index (Phi) is 7.74. The van der Waals surface area contributed by atoms with Gasteiger partial charge in [0.25, 0.3) is 5.91 Å². The molecule has 0 saturated heterocycles. The lowest BCUT2D eigenvalue weighted by Crippen LogP contribution is -2.33. The van der Waals surface area contributed by atoms with E-state index in [1.54, 1.807) is 54.4 Å². The lowest BCUT2D eigenvalue weighted by molar-refractivity contribution is -0.123. The smallest absolute Gasteiger partial charge is 0.257 e. The Bertz CT molecular complexity index is 1460. The predicted octanol–water partition coefficient (Wildman–Crippen LogP) is 6.87. The number of carbonyl (C=O) groups is 2. The van der Waals surface area contributed by atoms with Crippen LogP contribution >= 0.6 is 11.6 Å². The minimum Gasteiger partial charge on any atom is -0.315 e. The molecule has 1 saturated carbocycles. The molecule has 2 amide bonds. The Balaban J connectivity index is 1.46. The summed E-state index contributed by atoms with van der Waals surface area (Å²) in [5.74, 6) is -0.0614. The topological polar surface area (TPSA) is 67.2 Å². The first-order valence-electron chi connectivity index (χ1n) is 13.0. The van der Waals surface area contributed by atoms with Crippen molar-refractivity contribution < 1.29 is 14.0 Å². The lowest BCUT2D eigenvalue weighted by atomic mass is 9.88. The minimum atomic E-state index is -0.325. The molecule has 8 heteroatoms. The van der Waals surface area contributed by atoms with Crippen LogP contribution < -0.4 is 10.2 Å². The molecule has 0 unspecified atom stereocenters. The number of aryl methyl sites for hydroxylation is 2. The Morgan fingerprint density at radius 3 is 2.53 bits per heavy atom. The molecule has 0 radical (unpaired) electrons. The number of hydrogen-bond acceptors (Lipinski definition) is 3. The van der Waals surface area contributed by atoms with Crippen LogP contribution in [0.15, 0.2) is 66.7 Å². The van der Waals surface area contributed by atoms with E-state index in [9.17, 15) is 14.0 Å². The summed E-state index contributed by atoms with van der Waals surface area (Å²) in [4.78, 5) is 32.6. The third-order valence-electron chi connectivity index (χ3n) is 7.30. The van der Waals surface area contributed by atoms with Gasteiger partial charge in [-0.05, 0) is 73.4 Å². The van der Waals surface area contributed by atoms with Crippen molar-refractivity contribution in [3.05, 3.63) is 88.7 Å². The predicted molar refractivity (Wildman–Crippen MR) is 149 cm³/mol. The lowest BCUT2D eigenvalue weighted by Gasteiger charge is -2.26. The van der Waals surface area contributed by atoms with E-state index in [1.165, 1.54) is 12.5 Å². The summed E-state index contributed by atoms with van der Waals surface area (Å²) >= 11 is 5.97. The number of rotatable bonds is 7. The normalized spacial score (nSPS) is 14.0. The van der Waals surface area contributed by atoms with Gasteiger partial charge in [-0.15, -0.1) is 0 Å². The second-order valence-corrected chi connectivity index (χ2v) is 10.2. The Labute approximate surface area is 226 Å². The van der Waals surface area contributed by atoms with Crippen molar-refractivity contribution in [3.63, 3.8) is 0 Å². The first-order valence-corrected chi connectivity index (χ1v) is 13.4. The zero-order chi connectivity index (χ0) is 26.6. The average Bonchev–Trinajstić information content (AvgIpc) is 3.28. The number of imidazole rings is 1. The monoisotopic (exact) mass is 532 g/mol. The van der Waals surface area contributed by atoms with E-state index in [0.717, 1.165) is 36.9 Å². The van der Waals surface area contributed by atoms with Crippen LogP contribution in [0.5, 0.6) is 0 Å². The van der Waals surface area contributed by atoms with Gasteiger partial charge in [-0.25, -0.2) is 9.37 Å². The van der Waals surface area contributed by atoms with Crippen LogP contribution in [-0.4, -0.2) is 28.4 Å². The zero-order valence-corrected chi connectivity index (χ0v) is 22.0. The van der Waals surface area contributed by atoms with Gasteiger partial charge in [0.2, 0.25) is 11.9 Å². The number of carbonyl (C=O) groups excluding carboxylic acids is 2. The molecule has 0 atom stereocenters. The number of aromatic nitrogens is 2. The molecule has 1 N–H and O–H groups in total. The summed E-state index contributed by atoms with van der Waals surface area (Å²) in [6, 6.07) is 18.9. The SMILES string of the molecule is CN(C(=O)C1CCCCC1)c1ccc2c(c1)nc(NC(=O)c1ccc(Cl)cc1)n2CCc1ccccc1F. The van der Waals surface area contributed by atoms with Crippen LogP contribution in [0.25, 0.3) is 11.0 Å². The number of amides is 2. The van der Waals surface area contributed by atoms with Crippen molar-refractivity contribution in [3.8, 4) is 0 Å². The Hall–Kier alpha value is -3.71. The van der Waals surface area contributed by atoms with Gasteiger partial charge in [-0.3, -0.25) is 14.9 Å². The second kappa shape index (κ2) is 11.4. The minimum absolute atomic E-state index is 0.0528. The van der Waals surface area contributed by atoms with E-state index in [4.69, 9.17) is 16.6 Å². The molecule has 0 bridgehead atoms. The fraction of sp³-hybridized carbons (Fsp3) is 0.300. The summed E-state index contributed by atoms with van der Waals surface area (Å²) in [7, 11) is 1.80. The van der Waals surface area contributed by atoms with Crippen molar-refractivity contribution in [2.24, 2.45) is 5.92 Å². The van der Waals surface area contributed by atoms with Crippen molar-refractivity contribution >= 4 is 46.1 Å². The van der Waals surface area contributed by atoms with E-state index < -0.39 is 0 Å². The molecule has 38 heavy (non-hydrogen) atoms. The first kappa shape index (κ1) is 25.9. The van der Waals surface area contributed by atoms with Crippen LogP contribution in [0.1, 0.15) is 48.0 Å². The molecule has 3 aromatic carbocycles. The summed E-state index contributed by atoms with van der Waals surface area (Å²) in [5.41, 5.74) is 3.21. The molecule has 0 spiro atoms. The molecule has 4 aromatic rings. The molecule has 1 aliphatic carbocycles. The Morgan fingerprint density at radius 1 is 1.05 bits per heavy atom. The number of anilines is 2. The van der Waals surface area contributed by atoms with Crippen molar-refractivity contribution in [1.82, 2.24) is 9.55 Å². The van der Waals surface area contributed by atoms with Crippen LogP contribution in [0.2, 0.25) is 5.02 Å². The molecule has 5 rings (SSSR count). The molecular weight excluding hydrogens is 503 g/mol. The molecule has 0 aliphatic heterocycles. The van der Waals surface area contributed by atoms with Crippen LogP contribution in [0.3, 0.4) is 0 Å². The highest BCUT2D eigenvalue weighted by Gasteiger charge is 2.25. The van der Waals surface area contributed by atoms with Crippen molar-refractivity contribution in [1.29, 1.82) is 0 Å². The van der Waals surface area contributed by atoms with Crippen LogP contribution in [-0.2, 0) is 17.8 Å². The van der Waals surface area contributed by atoms with E-state index in [0.29, 0.717) is 40.6 Å². The largest absolute Gasteiger partial charge is 0.315 e. The highest BCUT2D eigenvalue weighted by molar-refractivity contribution is 6.30. The number of benzene rings is 3. The van der Waals surface area contributed by atoms with Gasteiger partial charge in [-0.1, -0.05) is 49.1 Å². The second-order valence-electron chi connectivity index (χ2n) is 9.79. The summed E-state index contributed by atoms with van der Waals surface area (Å²) in [6.07, 6.45) is 5.64. The fourth-order valence-corrected chi connectivity index (χ4v) is 5.23. The molecular formula is C30H30ClFN4O2. The van der Waals surface area contributed by atoms with Crippen molar-refractivity contribution in [2.45, 2.75) is 45.1 Å². The third kappa shape index (κ3) is 5.58.